The van der Waals surface area contributed by atoms with Gasteiger partial charge in [-0.15, -0.1) is 0 Å². The Hall–Kier alpha value is -2.96. The van der Waals surface area contributed by atoms with Crippen molar-refractivity contribution in [1.82, 2.24) is 4.90 Å². The van der Waals surface area contributed by atoms with Crippen LogP contribution < -0.4 is 10.3 Å². The minimum absolute atomic E-state index is 0.102. The Balaban J connectivity index is 1.55. The standard InChI is InChI=1S/C27H30N2O4/c1-17-5-7-20(8-6-17)24-23-25(30)21-15-18(2)19(3)16-22(21)33-26(23)27(31)29(24)10-4-9-28-11-13-32-14-12-28/h5-8,15-16,24H,4,9-14H2,1-3H3/p+1/t24-/m0/s1. The topological polar surface area (TPSA) is 64.2 Å². The van der Waals surface area contributed by atoms with Gasteiger partial charge < -0.3 is 19.0 Å². The van der Waals surface area contributed by atoms with E-state index in [1.807, 2.05) is 62.1 Å². The largest absolute Gasteiger partial charge is 0.450 e. The van der Waals surface area contributed by atoms with Crippen molar-refractivity contribution in [2.24, 2.45) is 0 Å². The SMILES string of the molecule is Cc1ccc([C@H]2c3c(oc4cc(C)c(C)cc4c3=O)C(=O)N2CCC[NH+]2CCOCC2)cc1. The van der Waals surface area contributed by atoms with E-state index in [0.29, 0.717) is 23.1 Å². The number of hydrogen-bond donors (Lipinski definition) is 1. The molecule has 2 aliphatic rings. The number of carbonyl (C=O) groups excluding carboxylic acids is 1. The van der Waals surface area contributed by atoms with Crippen LogP contribution in [0.3, 0.4) is 0 Å². The molecule has 1 fully saturated rings. The number of amides is 1. The van der Waals surface area contributed by atoms with E-state index in [0.717, 1.165) is 61.5 Å². The Labute approximate surface area is 193 Å². The number of carbonyl (C=O) groups is 1. The first-order valence-electron chi connectivity index (χ1n) is 11.8. The van der Waals surface area contributed by atoms with Gasteiger partial charge in [0.1, 0.15) is 18.7 Å². The van der Waals surface area contributed by atoms with Gasteiger partial charge in [-0.2, -0.15) is 0 Å². The quantitative estimate of drug-likeness (QED) is 0.653. The Morgan fingerprint density at radius 2 is 1.70 bits per heavy atom. The Morgan fingerprint density at radius 3 is 2.42 bits per heavy atom. The summed E-state index contributed by atoms with van der Waals surface area (Å²) in [6.07, 6.45) is 0.864. The molecular formula is C27H31N2O4+. The molecule has 0 radical (unpaired) electrons. The van der Waals surface area contributed by atoms with Gasteiger partial charge in [-0.25, -0.2) is 0 Å². The molecule has 1 aromatic heterocycles. The van der Waals surface area contributed by atoms with Crippen LogP contribution in [0.1, 0.15) is 50.8 Å². The average molecular weight is 448 g/mol. The Bertz CT molecular complexity index is 1260. The van der Waals surface area contributed by atoms with E-state index >= 15 is 0 Å². The fourth-order valence-corrected chi connectivity index (χ4v) is 5.01. The summed E-state index contributed by atoms with van der Waals surface area (Å²) < 4.78 is 11.6. The highest BCUT2D eigenvalue weighted by molar-refractivity contribution is 5.99. The van der Waals surface area contributed by atoms with Gasteiger partial charge in [0.25, 0.3) is 5.91 Å². The number of nitrogens with zero attached hydrogens (tertiary/aromatic N) is 1. The molecule has 1 atom stereocenters. The lowest BCUT2D eigenvalue weighted by Gasteiger charge is -2.27. The van der Waals surface area contributed by atoms with Crippen LogP contribution in [0.15, 0.2) is 45.6 Å². The maximum Gasteiger partial charge on any atom is 0.290 e. The van der Waals surface area contributed by atoms with Crippen molar-refractivity contribution in [2.75, 3.05) is 39.4 Å². The van der Waals surface area contributed by atoms with Crippen molar-refractivity contribution in [3.8, 4) is 0 Å². The molecule has 6 heteroatoms. The number of morpholine rings is 1. The first kappa shape index (κ1) is 21.9. The van der Waals surface area contributed by atoms with Gasteiger partial charge in [-0.3, -0.25) is 9.59 Å². The summed E-state index contributed by atoms with van der Waals surface area (Å²) in [5.74, 6) is 0.00447. The molecule has 1 amide bonds. The zero-order chi connectivity index (χ0) is 23.1. The second-order valence-corrected chi connectivity index (χ2v) is 9.38. The summed E-state index contributed by atoms with van der Waals surface area (Å²) in [6.45, 7) is 11.2. The van der Waals surface area contributed by atoms with Gasteiger partial charge in [0, 0.05) is 13.0 Å². The number of nitrogens with one attached hydrogen (secondary N) is 1. The molecule has 2 aromatic carbocycles. The van der Waals surface area contributed by atoms with Crippen LogP contribution in [0, 0.1) is 20.8 Å². The Morgan fingerprint density at radius 1 is 1.00 bits per heavy atom. The van der Waals surface area contributed by atoms with Crippen LogP contribution in [0.5, 0.6) is 0 Å². The van der Waals surface area contributed by atoms with Crippen molar-refractivity contribution in [1.29, 1.82) is 0 Å². The third-order valence-electron chi connectivity index (χ3n) is 7.10. The molecule has 0 saturated carbocycles. The molecule has 0 aliphatic carbocycles. The zero-order valence-corrected chi connectivity index (χ0v) is 19.6. The Kier molecular flexibility index (Phi) is 5.81. The lowest BCUT2D eigenvalue weighted by atomic mass is 9.97. The predicted octanol–water partition coefficient (Wildman–Crippen LogP) is 2.57. The van der Waals surface area contributed by atoms with Crippen LogP contribution in [-0.2, 0) is 4.74 Å². The van der Waals surface area contributed by atoms with Crippen LogP contribution in [0.2, 0.25) is 0 Å². The number of benzene rings is 2. The summed E-state index contributed by atoms with van der Waals surface area (Å²) in [5.41, 5.74) is 5.02. The number of fused-ring (bicyclic) bond motifs is 2. The summed E-state index contributed by atoms with van der Waals surface area (Å²) in [7, 11) is 0. The molecular weight excluding hydrogens is 416 g/mol. The summed E-state index contributed by atoms with van der Waals surface area (Å²) in [6, 6.07) is 11.4. The normalized spacial score (nSPS) is 18.8. The van der Waals surface area contributed by atoms with E-state index in [1.54, 1.807) is 0 Å². The molecule has 5 rings (SSSR count). The van der Waals surface area contributed by atoms with Gasteiger partial charge in [0.2, 0.25) is 5.76 Å². The zero-order valence-electron chi connectivity index (χ0n) is 19.6. The third-order valence-corrected chi connectivity index (χ3v) is 7.10. The molecule has 2 aliphatic heterocycles. The predicted molar refractivity (Wildman–Crippen MR) is 127 cm³/mol. The molecule has 3 heterocycles. The second-order valence-electron chi connectivity index (χ2n) is 9.38. The lowest BCUT2D eigenvalue weighted by molar-refractivity contribution is -0.908. The number of ether oxygens (including phenoxy) is 1. The monoisotopic (exact) mass is 447 g/mol. The molecule has 1 saturated heterocycles. The molecule has 0 bridgehead atoms. The summed E-state index contributed by atoms with van der Waals surface area (Å²) >= 11 is 0. The van der Waals surface area contributed by atoms with Gasteiger partial charge in [0.15, 0.2) is 5.43 Å². The summed E-state index contributed by atoms with van der Waals surface area (Å²) in [4.78, 5) is 30.6. The van der Waals surface area contributed by atoms with Crippen molar-refractivity contribution in [3.05, 3.63) is 80.2 Å². The first-order valence-corrected chi connectivity index (χ1v) is 11.8. The highest BCUT2D eigenvalue weighted by atomic mass is 16.5. The minimum Gasteiger partial charge on any atom is -0.450 e. The van der Waals surface area contributed by atoms with Gasteiger partial charge in [-0.05, 0) is 49.6 Å². The highest BCUT2D eigenvalue weighted by Crippen LogP contribution is 2.38. The maximum atomic E-state index is 13.7. The molecule has 172 valence electrons. The van der Waals surface area contributed by atoms with Crippen LogP contribution in [0.25, 0.3) is 11.0 Å². The number of quaternary nitrogens is 1. The van der Waals surface area contributed by atoms with Crippen LogP contribution in [0.4, 0.5) is 0 Å². The third kappa shape index (κ3) is 3.98. The van der Waals surface area contributed by atoms with Gasteiger partial charge >= 0.3 is 0 Å². The smallest absolute Gasteiger partial charge is 0.290 e. The van der Waals surface area contributed by atoms with Crippen LogP contribution >= 0.6 is 0 Å². The second kappa shape index (κ2) is 8.76. The molecule has 0 unspecified atom stereocenters. The van der Waals surface area contributed by atoms with Gasteiger partial charge in [0.05, 0.1) is 36.8 Å². The fraction of sp³-hybridized carbons (Fsp3) is 0.407. The molecule has 6 nitrogen and oxygen atoms in total. The fourth-order valence-electron chi connectivity index (χ4n) is 5.01. The van der Waals surface area contributed by atoms with E-state index in [-0.39, 0.29) is 17.1 Å². The van der Waals surface area contributed by atoms with E-state index in [2.05, 4.69) is 0 Å². The maximum absolute atomic E-state index is 13.7. The van der Waals surface area contributed by atoms with Crippen molar-refractivity contribution in [2.45, 2.75) is 33.2 Å². The molecule has 0 spiro atoms. The van der Waals surface area contributed by atoms with E-state index in [4.69, 9.17) is 9.15 Å². The van der Waals surface area contributed by atoms with E-state index in [1.165, 1.54) is 4.90 Å². The van der Waals surface area contributed by atoms with Gasteiger partial charge in [-0.1, -0.05) is 29.8 Å². The van der Waals surface area contributed by atoms with Crippen molar-refractivity contribution >= 4 is 16.9 Å². The average Bonchev–Trinajstić information content (AvgIpc) is 3.09. The number of aryl methyl sites for hydroxylation is 3. The van der Waals surface area contributed by atoms with Crippen molar-refractivity contribution in [3.63, 3.8) is 0 Å². The van der Waals surface area contributed by atoms with Crippen molar-refractivity contribution < 1.29 is 18.8 Å². The highest BCUT2D eigenvalue weighted by Gasteiger charge is 2.42. The number of hydrogen-bond acceptors (Lipinski definition) is 4. The lowest BCUT2D eigenvalue weighted by Crippen LogP contribution is -3.14. The van der Waals surface area contributed by atoms with E-state index < -0.39 is 6.04 Å². The molecule has 33 heavy (non-hydrogen) atoms. The summed E-state index contributed by atoms with van der Waals surface area (Å²) in [5, 5.41) is 0.543. The minimum atomic E-state index is -0.421. The number of rotatable bonds is 5. The first-order chi connectivity index (χ1) is 15.9. The van der Waals surface area contributed by atoms with E-state index in [9.17, 15) is 9.59 Å². The van der Waals surface area contributed by atoms with Crippen LogP contribution in [-0.4, -0.2) is 50.2 Å². The molecule has 3 aromatic rings. The molecule has 1 N–H and O–H groups in total.